The number of hydrogen-bond donors (Lipinski definition) is 2. The van der Waals surface area contributed by atoms with Gasteiger partial charge in [-0.2, -0.15) is 5.10 Å². The van der Waals surface area contributed by atoms with Gasteiger partial charge in [0.25, 0.3) is 0 Å². The third kappa shape index (κ3) is 3.59. The lowest BCUT2D eigenvalue weighted by molar-refractivity contribution is -0.146. The minimum absolute atomic E-state index is 0.208. The summed E-state index contributed by atoms with van der Waals surface area (Å²) in [5.41, 5.74) is -0.910. The maximum absolute atomic E-state index is 13.8. The zero-order valence-corrected chi connectivity index (χ0v) is 15.5. The van der Waals surface area contributed by atoms with Crippen molar-refractivity contribution < 1.29 is 19.1 Å². The number of amides is 1. The summed E-state index contributed by atoms with van der Waals surface area (Å²) < 4.78 is 15.1. The molecule has 0 radical (unpaired) electrons. The minimum Gasteiger partial charge on any atom is -0.479 e. The lowest BCUT2D eigenvalue weighted by Gasteiger charge is -2.36. The first-order valence-electron chi connectivity index (χ1n) is 9.12. The maximum atomic E-state index is 13.8. The van der Waals surface area contributed by atoms with Crippen molar-refractivity contribution in [3.63, 3.8) is 0 Å². The van der Waals surface area contributed by atoms with Crippen LogP contribution in [-0.2, 0) is 20.5 Å². The van der Waals surface area contributed by atoms with Crippen molar-refractivity contribution in [2.45, 2.75) is 56.9 Å². The fourth-order valence-corrected chi connectivity index (χ4v) is 3.63. The molecule has 0 atom stereocenters. The predicted molar refractivity (Wildman–Crippen MR) is 99.0 cm³/mol. The molecule has 0 spiro atoms. The van der Waals surface area contributed by atoms with E-state index in [1.165, 1.54) is 43.1 Å². The van der Waals surface area contributed by atoms with Crippen molar-refractivity contribution in [3.05, 3.63) is 48.0 Å². The fraction of sp³-hybridized carbons (Fsp3) is 0.450. The van der Waals surface area contributed by atoms with Crippen LogP contribution in [0.3, 0.4) is 0 Å². The van der Waals surface area contributed by atoms with Crippen LogP contribution in [0.5, 0.6) is 0 Å². The highest BCUT2D eigenvalue weighted by Crippen LogP contribution is 2.40. The summed E-state index contributed by atoms with van der Waals surface area (Å²) in [6.45, 7) is 3.06. The van der Waals surface area contributed by atoms with E-state index in [4.69, 9.17) is 0 Å². The normalized spacial score (nSPS) is 16.7. The molecule has 1 amide bonds. The molecule has 2 N–H and O–H groups in total. The molecule has 0 saturated heterocycles. The average molecular weight is 373 g/mol. The summed E-state index contributed by atoms with van der Waals surface area (Å²) in [7, 11) is 0. The summed E-state index contributed by atoms with van der Waals surface area (Å²) in [4.78, 5) is 24.6. The smallest absolute Gasteiger partial charge is 0.331 e. The predicted octanol–water partition coefficient (Wildman–Crippen LogP) is 3.68. The number of carboxylic acids is 1. The van der Waals surface area contributed by atoms with Crippen molar-refractivity contribution in [2.75, 3.05) is 5.32 Å². The van der Waals surface area contributed by atoms with Crippen LogP contribution in [-0.4, -0.2) is 26.8 Å². The molecule has 1 saturated carbocycles. The molecule has 1 aliphatic carbocycles. The largest absolute Gasteiger partial charge is 0.479 e. The Bertz CT molecular complexity index is 854. The molecule has 1 fully saturated rings. The van der Waals surface area contributed by atoms with Gasteiger partial charge in [0.15, 0.2) is 5.54 Å². The second-order valence-electron chi connectivity index (χ2n) is 7.64. The van der Waals surface area contributed by atoms with Gasteiger partial charge in [-0.3, -0.25) is 9.48 Å². The van der Waals surface area contributed by atoms with Gasteiger partial charge in [0.2, 0.25) is 5.91 Å². The van der Waals surface area contributed by atoms with Gasteiger partial charge >= 0.3 is 5.97 Å². The quantitative estimate of drug-likeness (QED) is 0.837. The summed E-state index contributed by atoms with van der Waals surface area (Å²) in [6.07, 6.45) is 7.09. The molecule has 1 aromatic carbocycles. The van der Waals surface area contributed by atoms with Crippen molar-refractivity contribution in [1.29, 1.82) is 0 Å². The van der Waals surface area contributed by atoms with Crippen molar-refractivity contribution in [2.24, 2.45) is 0 Å². The monoisotopic (exact) mass is 373 g/mol. The van der Waals surface area contributed by atoms with E-state index in [9.17, 15) is 19.1 Å². The Morgan fingerprint density at radius 2 is 1.96 bits per heavy atom. The molecule has 6 nitrogen and oxygen atoms in total. The molecule has 1 aliphatic rings. The van der Waals surface area contributed by atoms with E-state index in [2.05, 4.69) is 10.4 Å². The number of benzene rings is 1. The number of rotatable bonds is 5. The van der Waals surface area contributed by atoms with Gasteiger partial charge in [-0.25, -0.2) is 9.18 Å². The zero-order chi connectivity index (χ0) is 19.7. The Morgan fingerprint density at radius 3 is 2.59 bits per heavy atom. The van der Waals surface area contributed by atoms with E-state index in [0.717, 1.165) is 19.3 Å². The van der Waals surface area contributed by atoms with Crippen LogP contribution >= 0.6 is 0 Å². The van der Waals surface area contributed by atoms with Crippen LogP contribution in [0.25, 0.3) is 0 Å². The standard InChI is InChI=1S/C20H24FN3O3/c1-19(2,18(26)27)24-13-16(12-22-24)23-17(25)20(9-4-3-5-10-20)14-7-6-8-15(21)11-14/h6-8,11-13H,3-5,9-10H2,1-2H3,(H,23,25)(H,26,27). The molecule has 3 rings (SSSR count). The van der Waals surface area contributed by atoms with Crippen molar-refractivity contribution in [3.8, 4) is 0 Å². The first-order chi connectivity index (χ1) is 12.8. The van der Waals surface area contributed by atoms with Crippen molar-refractivity contribution >= 4 is 17.6 Å². The molecule has 7 heteroatoms. The van der Waals surface area contributed by atoms with Crippen LogP contribution in [0.4, 0.5) is 10.1 Å². The molecule has 2 aromatic rings. The third-order valence-corrected chi connectivity index (χ3v) is 5.46. The number of carbonyl (C=O) groups excluding carboxylic acids is 1. The average Bonchev–Trinajstić information content (AvgIpc) is 3.11. The third-order valence-electron chi connectivity index (χ3n) is 5.46. The van der Waals surface area contributed by atoms with Gasteiger partial charge in [0, 0.05) is 6.20 Å². The summed E-state index contributed by atoms with van der Waals surface area (Å²) in [5, 5.41) is 16.3. The summed E-state index contributed by atoms with van der Waals surface area (Å²) >= 11 is 0. The molecule has 0 aliphatic heterocycles. The molecular weight excluding hydrogens is 349 g/mol. The van der Waals surface area contributed by atoms with Crippen LogP contribution in [0.1, 0.15) is 51.5 Å². The van der Waals surface area contributed by atoms with E-state index < -0.39 is 16.9 Å². The Morgan fingerprint density at radius 1 is 1.26 bits per heavy atom. The van der Waals surface area contributed by atoms with Gasteiger partial charge in [-0.1, -0.05) is 31.4 Å². The maximum Gasteiger partial charge on any atom is 0.331 e. The Balaban J connectivity index is 1.88. The topological polar surface area (TPSA) is 84.2 Å². The van der Waals surface area contributed by atoms with Crippen LogP contribution in [0.2, 0.25) is 0 Å². The van der Waals surface area contributed by atoms with Crippen LogP contribution < -0.4 is 5.32 Å². The Kier molecular flexibility index (Phi) is 5.04. The number of nitrogens with one attached hydrogen (secondary N) is 1. The van der Waals surface area contributed by atoms with Gasteiger partial charge in [0.05, 0.1) is 17.3 Å². The summed E-state index contributed by atoms with van der Waals surface area (Å²) in [6, 6.07) is 6.23. The Labute approximate surface area is 157 Å². The van der Waals surface area contributed by atoms with Gasteiger partial charge < -0.3 is 10.4 Å². The second-order valence-corrected chi connectivity index (χ2v) is 7.64. The zero-order valence-electron chi connectivity index (χ0n) is 15.5. The number of carbonyl (C=O) groups is 2. The molecule has 27 heavy (non-hydrogen) atoms. The number of aromatic nitrogens is 2. The van der Waals surface area contributed by atoms with E-state index in [1.54, 1.807) is 12.1 Å². The highest BCUT2D eigenvalue weighted by atomic mass is 19.1. The van der Waals surface area contributed by atoms with E-state index in [0.29, 0.717) is 24.1 Å². The highest BCUT2D eigenvalue weighted by molar-refractivity contribution is 5.99. The Hall–Kier alpha value is -2.70. The summed E-state index contributed by atoms with van der Waals surface area (Å²) in [5.74, 6) is -1.59. The molecule has 144 valence electrons. The number of nitrogens with zero attached hydrogens (tertiary/aromatic N) is 2. The van der Waals surface area contributed by atoms with Crippen LogP contribution in [0, 0.1) is 5.82 Å². The van der Waals surface area contributed by atoms with E-state index >= 15 is 0 Å². The van der Waals surface area contributed by atoms with E-state index in [-0.39, 0.29) is 11.7 Å². The molecular formula is C20H24FN3O3. The SMILES string of the molecule is CC(C)(C(=O)O)n1cc(NC(=O)C2(c3cccc(F)c3)CCCCC2)cn1. The van der Waals surface area contributed by atoms with Crippen molar-refractivity contribution in [1.82, 2.24) is 9.78 Å². The second kappa shape index (κ2) is 7.13. The number of halogens is 1. The van der Waals surface area contributed by atoms with Crippen LogP contribution in [0.15, 0.2) is 36.7 Å². The van der Waals surface area contributed by atoms with Gasteiger partial charge in [-0.05, 0) is 44.4 Å². The first-order valence-corrected chi connectivity index (χ1v) is 9.12. The first kappa shape index (κ1) is 19.1. The van der Waals surface area contributed by atoms with E-state index in [1.807, 2.05) is 0 Å². The van der Waals surface area contributed by atoms with Gasteiger partial charge in [-0.15, -0.1) is 0 Å². The number of hydrogen-bond acceptors (Lipinski definition) is 3. The molecule has 0 bridgehead atoms. The number of carboxylic acid groups (broad SMARTS) is 1. The highest BCUT2D eigenvalue weighted by Gasteiger charge is 2.41. The number of anilines is 1. The molecule has 1 aromatic heterocycles. The molecule has 1 heterocycles. The lowest BCUT2D eigenvalue weighted by atomic mass is 9.68. The fourth-order valence-electron chi connectivity index (χ4n) is 3.63. The van der Waals surface area contributed by atoms with Gasteiger partial charge in [0.1, 0.15) is 5.82 Å². The molecule has 0 unspecified atom stereocenters. The lowest BCUT2D eigenvalue weighted by Crippen LogP contribution is -2.42. The minimum atomic E-state index is -1.23. The number of aliphatic carboxylic acids is 1.